The van der Waals surface area contributed by atoms with E-state index in [9.17, 15) is 29.1 Å². The van der Waals surface area contributed by atoms with Crippen LogP contribution in [0.3, 0.4) is 0 Å². The maximum Gasteiger partial charge on any atom is 0.552 e. The first kappa shape index (κ1) is 29.4. The Morgan fingerprint density at radius 3 is 2.47 bits per heavy atom. The van der Waals surface area contributed by atoms with Crippen molar-refractivity contribution in [1.82, 2.24) is 15.5 Å². The first-order valence-corrected chi connectivity index (χ1v) is 11.8. The van der Waals surface area contributed by atoms with E-state index in [4.69, 9.17) is 32.5 Å². The summed E-state index contributed by atoms with van der Waals surface area (Å²) in [6.45, 7) is 3.25. The molecule has 1 aliphatic rings. The standard InChI is InChI=1S/C22H28BCl2N3O8/c1-12(2)7-16(27-17(29)11-26-20(33)14-8-13(24)5-6-15(14)25)23-35-19(32)10-22(36-23,9-18(30)31)21(34)28(3)4/h5-6,8,12,16H,7,9-11H2,1-4H3,(H,26,33)(H,27,29)(H,30,31)/t16-,22?/m0/s1. The molecule has 196 valence electrons. The first-order chi connectivity index (χ1) is 16.7. The number of halogens is 2. The van der Waals surface area contributed by atoms with Crippen LogP contribution < -0.4 is 10.6 Å². The third kappa shape index (κ3) is 7.84. The predicted octanol–water partition coefficient (Wildman–Crippen LogP) is 1.55. The number of carboxylic acids is 1. The van der Waals surface area contributed by atoms with E-state index in [1.807, 2.05) is 13.8 Å². The zero-order valence-electron chi connectivity index (χ0n) is 20.3. The number of nitrogens with zero attached hydrogens (tertiary/aromatic N) is 1. The summed E-state index contributed by atoms with van der Waals surface area (Å²) in [5.74, 6) is -5.11. The average molecular weight is 544 g/mol. The molecule has 1 unspecified atom stereocenters. The second-order valence-electron chi connectivity index (χ2n) is 9.03. The molecule has 1 aliphatic heterocycles. The van der Waals surface area contributed by atoms with Crippen molar-refractivity contribution < 1.29 is 38.4 Å². The van der Waals surface area contributed by atoms with Gasteiger partial charge >= 0.3 is 13.1 Å². The van der Waals surface area contributed by atoms with Crippen molar-refractivity contribution in [1.29, 1.82) is 0 Å². The van der Waals surface area contributed by atoms with Crippen LogP contribution in [0.5, 0.6) is 0 Å². The Morgan fingerprint density at radius 2 is 1.89 bits per heavy atom. The molecule has 0 spiro atoms. The summed E-state index contributed by atoms with van der Waals surface area (Å²) in [6.07, 6.45) is -1.10. The van der Waals surface area contributed by atoms with Crippen molar-refractivity contribution in [3.63, 3.8) is 0 Å². The van der Waals surface area contributed by atoms with Crippen LogP contribution in [0.4, 0.5) is 0 Å². The Kier molecular flexibility index (Phi) is 10.1. The minimum absolute atomic E-state index is 0.0159. The molecule has 0 aromatic heterocycles. The summed E-state index contributed by atoms with van der Waals surface area (Å²) >= 11 is 11.9. The number of aliphatic carboxylic acids is 1. The van der Waals surface area contributed by atoms with Crippen LogP contribution in [0.25, 0.3) is 0 Å². The number of carbonyl (C=O) groups is 5. The topological polar surface area (TPSA) is 151 Å². The molecule has 11 nitrogen and oxygen atoms in total. The molecule has 0 saturated carbocycles. The van der Waals surface area contributed by atoms with Crippen LogP contribution in [-0.2, 0) is 28.5 Å². The summed E-state index contributed by atoms with van der Waals surface area (Å²) in [7, 11) is 1.39. The van der Waals surface area contributed by atoms with Gasteiger partial charge in [-0.05, 0) is 30.5 Å². The van der Waals surface area contributed by atoms with E-state index in [1.165, 1.54) is 32.3 Å². The summed E-state index contributed by atoms with van der Waals surface area (Å²) in [6, 6.07) is 4.32. The quantitative estimate of drug-likeness (QED) is 0.376. The van der Waals surface area contributed by atoms with Crippen molar-refractivity contribution in [3.05, 3.63) is 33.8 Å². The second kappa shape index (κ2) is 12.4. The molecule has 1 aromatic carbocycles. The van der Waals surface area contributed by atoms with Gasteiger partial charge in [-0.15, -0.1) is 0 Å². The molecular formula is C22H28BCl2N3O8. The molecule has 2 rings (SSSR count). The van der Waals surface area contributed by atoms with E-state index < -0.39 is 67.7 Å². The molecule has 2 atom stereocenters. The monoisotopic (exact) mass is 543 g/mol. The molecule has 0 bridgehead atoms. The fraction of sp³-hybridized carbons (Fsp3) is 0.500. The lowest BCUT2D eigenvalue weighted by Crippen LogP contribution is -2.63. The normalized spacial score (nSPS) is 18.3. The third-order valence-electron chi connectivity index (χ3n) is 5.23. The molecule has 1 fully saturated rings. The smallest absolute Gasteiger partial charge is 0.508 e. The van der Waals surface area contributed by atoms with Crippen LogP contribution >= 0.6 is 23.2 Å². The average Bonchev–Trinajstić information content (AvgIpc) is 2.76. The Labute approximate surface area is 218 Å². The van der Waals surface area contributed by atoms with Crippen LogP contribution in [0.15, 0.2) is 18.2 Å². The molecule has 1 heterocycles. The number of carbonyl (C=O) groups excluding carboxylic acids is 4. The first-order valence-electron chi connectivity index (χ1n) is 11.1. The number of amides is 3. The van der Waals surface area contributed by atoms with Gasteiger partial charge in [0.05, 0.1) is 35.9 Å². The summed E-state index contributed by atoms with van der Waals surface area (Å²) in [5, 5.41) is 14.9. The number of benzene rings is 1. The van der Waals surface area contributed by atoms with Gasteiger partial charge in [0.2, 0.25) is 5.91 Å². The molecule has 0 radical (unpaired) electrons. The van der Waals surface area contributed by atoms with E-state index in [0.29, 0.717) is 5.02 Å². The highest BCUT2D eigenvalue weighted by Gasteiger charge is 2.54. The summed E-state index contributed by atoms with van der Waals surface area (Å²) in [5.41, 5.74) is -1.91. The van der Waals surface area contributed by atoms with Gasteiger partial charge < -0.3 is 29.9 Å². The van der Waals surface area contributed by atoms with Crippen LogP contribution in [0.1, 0.15) is 43.5 Å². The minimum Gasteiger partial charge on any atom is -0.508 e. The van der Waals surface area contributed by atoms with Gasteiger partial charge in [-0.3, -0.25) is 24.0 Å². The van der Waals surface area contributed by atoms with Crippen molar-refractivity contribution in [3.8, 4) is 0 Å². The van der Waals surface area contributed by atoms with E-state index in [2.05, 4.69) is 10.6 Å². The Bertz CT molecular complexity index is 1030. The lowest BCUT2D eigenvalue weighted by atomic mass is 9.70. The number of likely N-dealkylation sites (N-methyl/N-ethyl adjacent to an activating group) is 1. The number of nitrogens with one attached hydrogen (secondary N) is 2. The number of carboxylic acid groups (broad SMARTS) is 1. The van der Waals surface area contributed by atoms with Gasteiger partial charge in [0.1, 0.15) is 0 Å². The van der Waals surface area contributed by atoms with Crippen molar-refractivity contribution in [2.45, 2.75) is 44.7 Å². The van der Waals surface area contributed by atoms with E-state index in [-0.39, 0.29) is 22.9 Å². The number of hydrogen-bond donors (Lipinski definition) is 3. The van der Waals surface area contributed by atoms with E-state index >= 15 is 0 Å². The van der Waals surface area contributed by atoms with Crippen molar-refractivity contribution in [2.24, 2.45) is 5.92 Å². The van der Waals surface area contributed by atoms with Gasteiger partial charge in [0.25, 0.3) is 17.8 Å². The van der Waals surface area contributed by atoms with Crippen LogP contribution in [0.2, 0.25) is 10.0 Å². The summed E-state index contributed by atoms with van der Waals surface area (Å²) in [4.78, 5) is 63.1. The molecule has 3 amide bonds. The van der Waals surface area contributed by atoms with Crippen LogP contribution in [-0.4, -0.2) is 79.0 Å². The fourth-order valence-electron chi connectivity index (χ4n) is 3.75. The zero-order valence-corrected chi connectivity index (χ0v) is 21.8. The largest absolute Gasteiger partial charge is 0.552 e. The highest BCUT2D eigenvalue weighted by atomic mass is 35.5. The molecule has 1 saturated heterocycles. The molecule has 3 N–H and O–H groups in total. The van der Waals surface area contributed by atoms with Crippen LogP contribution in [0, 0.1) is 5.92 Å². The van der Waals surface area contributed by atoms with E-state index in [0.717, 1.165) is 4.90 Å². The number of rotatable bonds is 10. The van der Waals surface area contributed by atoms with Gasteiger partial charge in [0, 0.05) is 19.1 Å². The second-order valence-corrected chi connectivity index (χ2v) is 9.87. The Hall–Kier alpha value is -2.83. The molecule has 0 aliphatic carbocycles. The maximum absolute atomic E-state index is 12.9. The Balaban J connectivity index is 2.19. The van der Waals surface area contributed by atoms with Gasteiger partial charge in [-0.1, -0.05) is 37.0 Å². The van der Waals surface area contributed by atoms with Crippen molar-refractivity contribution in [2.75, 3.05) is 20.6 Å². The van der Waals surface area contributed by atoms with Gasteiger partial charge in [-0.2, -0.15) is 0 Å². The molecular weight excluding hydrogens is 516 g/mol. The number of hydrogen-bond acceptors (Lipinski definition) is 7. The van der Waals surface area contributed by atoms with Crippen molar-refractivity contribution >= 4 is 60.0 Å². The highest BCUT2D eigenvalue weighted by molar-refractivity contribution is 6.50. The zero-order chi connectivity index (χ0) is 27.2. The minimum atomic E-state index is -1.99. The third-order valence-corrected chi connectivity index (χ3v) is 5.80. The van der Waals surface area contributed by atoms with E-state index in [1.54, 1.807) is 0 Å². The molecule has 1 aromatic rings. The molecule has 14 heteroatoms. The molecule has 36 heavy (non-hydrogen) atoms. The van der Waals surface area contributed by atoms with Gasteiger partial charge in [-0.25, -0.2) is 0 Å². The maximum atomic E-state index is 12.9. The summed E-state index contributed by atoms with van der Waals surface area (Å²) < 4.78 is 11.1. The Morgan fingerprint density at radius 1 is 1.22 bits per heavy atom. The lowest BCUT2D eigenvalue weighted by Gasteiger charge is -2.40. The predicted molar refractivity (Wildman–Crippen MR) is 131 cm³/mol. The SMILES string of the molecule is CC(C)C[C@H](NC(=O)CNC(=O)c1cc(Cl)ccc1Cl)B1OC(=O)CC(CC(=O)O)(C(=O)N(C)C)O1. The highest BCUT2D eigenvalue weighted by Crippen LogP contribution is 2.31. The fourth-order valence-corrected chi connectivity index (χ4v) is 4.12. The lowest BCUT2D eigenvalue weighted by molar-refractivity contribution is -0.169. The van der Waals surface area contributed by atoms with Gasteiger partial charge in [0.15, 0.2) is 5.60 Å².